The van der Waals surface area contributed by atoms with Crippen molar-refractivity contribution < 1.29 is 58.3 Å². The average Bonchev–Trinajstić information content (AvgIpc) is 3.42. The Bertz CT molecular complexity index is 1140. The summed E-state index contributed by atoms with van der Waals surface area (Å²) in [7, 11) is 0. The van der Waals surface area contributed by atoms with Crippen molar-refractivity contribution in [3.63, 3.8) is 0 Å². The number of hydrogen-bond acceptors (Lipinski definition) is 8. The molecule has 0 aromatic carbocycles. The topological polar surface area (TPSA) is 133 Å². The maximum absolute atomic E-state index is 12.3. The van der Waals surface area contributed by atoms with Crippen molar-refractivity contribution in [2.75, 3.05) is 0 Å². The van der Waals surface area contributed by atoms with Crippen LogP contribution in [0.25, 0.3) is 0 Å². The third kappa shape index (κ3) is 72.6. The molecule has 0 aromatic heterocycles. The third-order valence-electron chi connectivity index (χ3n) is 16.2. The van der Waals surface area contributed by atoms with Crippen LogP contribution in [0.2, 0.25) is 0 Å². The molecule has 0 saturated heterocycles. The summed E-state index contributed by atoms with van der Waals surface area (Å²) in [5.74, 6) is -2.43. The molecule has 464 valence electrons. The van der Waals surface area contributed by atoms with Gasteiger partial charge in [-0.15, -0.1) is 0 Å². The van der Waals surface area contributed by atoms with Gasteiger partial charge in [-0.2, -0.15) is 0 Å². The summed E-state index contributed by atoms with van der Waals surface area (Å²) < 4.78 is 11.4. The fourth-order valence-electron chi connectivity index (χ4n) is 10.9. The number of carbonyl (C=O) groups excluding carboxylic acids is 4. The molecule has 2 unspecified atom stereocenters. The molecule has 0 N–H and O–H groups in total. The van der Waals surface area contributed by atoms with Crippen LogP contribution in [0.15, 0.2) is 0 Å². The van der Waals surface area contributed by atoms with Crippen molar-refractivity contribution >= 4 is 23.9 Å². The second-order valence-corrected chi connectivity index (χ2v) is 24.1. The minimum atomic E-state index is -1.06. The number of carboxylic acid groups (broad SMARTS) is 2. The normalized spacial score (nSPS) is 11.9. The number of carboxylic acids is 2. The number of rotatable bonds is 64. The van der Waals surface area contributed by atoms with Crippen LogP contribution in [0.1, 0.15) is 413 Å². The van der Waals surface area contributed by atoms with E-state index in [4.69, 9.17) is 9.47 Å². The Labute approximate surface area is 504 Å². The van der Waals surface area contributed by atoms with E-state index in [1.165, 1.54) is 283 Å². The van der Waals surface area contributed by atoms with Crippen LogP contribution in [-0.2, 0) is 48.1 Å². The Balaban J connectivity index is -0.00000144. The Morgan fingerprint density at radius 1 is 0.241 bits per heavy atom. The molecule has 9 heteroatoms. The van der Waals surface area contributed by atoms with Gasteiger partial charge >= 0.3 is 31.4 Å². The molecule has 79 heavy (non-hydrogen) atoms. The molecule has 0 saturated carbocycles. The van der Waals surface area contributed by atoms with E-state index in [1.54, 1.807) is 0 Å². The second kappa shape index (κ2) is 70.8. The van der Waals surface area contributed by atoms with E-state index in [0.717, 1.165) is 64.2 Å². The molecule has 0 rings (SSSR count). The zero-order valence-corrected chi connectivity index (χ0v) is 56.5. The summed E-state index contributed by atoms with van der Waals surface area (Å²) in [6.45, 7) is 9.06. The summed E-state index contributed by atoms with van der Waals surface area (Å²) in [5, 5.41) is 21.9. The maximum atomic E-state index is 12.3. The number of esters is 2. The molecule has 0 aliphatic heterocycles. The first kappa shape index (κ1) is 81.7. The molecule has 2 atom stereocenters. The smallest absolute Gasteiger partial charge is 0.550 e. The van der Waals surface area contributed by atoms with E-state index < -0.39 is 11.9 Å². The molecule has 0 radical (unpaired) electrons. The van der Waals surface area contributed by atoms with Gasteiger partial charge in [0, 0.05) is 24.8 Å². The number of unbranched alkanes of at least 4 members (excludes halogenated alkanes) is 48. The predicted molar refractivity (Wildman–Crippen MR) is 329 cm³/mol. The first-order valence-corrected chi connectivity index (χ1v) is 35.0. The summed E-state index contributed by atoms with van der Waals surface area (Å²) in [5.41, 5.74) is 0. The van der Waals surface area contributed by atoms with Crippen molar-refractivity contribution in [1.29, 1.82) is 0 Å². The summed E-state index contributed by atoms with van der Waals surface area (Å²) in [6, 6.07) is 0. The molecule has 0 heterocycles. The van der Waals surface area contributed by atoms with Gasteiger partial charge in [-0.3, -0.25) is 9.59 Å². The zero-order chi connectivity index (χ0) is 57.3. The molecular weight excluding hydrogens is 1030 g/mol. The quantitative estimate of drug-likeness (QED) is 0.0334. The number of hydrogen-bond donors (Lipinski definition) is 0. The van der Waals surface area contributed by atoms with Crippen LogP contribution in [0.4, 0.5) is 0 Å². The standard InChI is InChI=1S/2C35H68O4.Zn/c2*1-3-5-7-9-11-13-15-17-18-20-22-24-26-28-30-35(38)39-33(31-32-34(36)37)29-27-25-23-21-19-16-14-12-10-8-6-4-2;/h2*33H,3-32H2,1-2H3,(H,36,37);/q;;+2/p-2. The summed E-state index contributed by atoms with van der Waals surface area (Å²) in [4.78, 5) is 46.6. The maximum Gasteiger partial charge on any atom is 2.00 e. The van der Waals surface area contributed by atoms with Crippen molar-refractivity contribution in [2.24, 2.45) is 0 Å². The van der Waals surface area contributed by atoms with Crippen LogP contribution in [-0.4, -0.2) is 36.1 Å². The SMILES string of the molecule is CCCCCCCCCCCCCCCCC(=O)OC(CCCCCCCCCCCCCC)CCC(=O)[O-].CCCCCCCCCCCCCCCCC(=O)OC(CCCCCCCCCCCCCC)CCC(=O)[O-].[Zn+2]. The van der Waals surface area contributed by atoms with Crippen LogP contribution in [0.3, 0.4) is 0 Å². The van der Waals surface area contributed by atoms with Crippen molar-refractivity contribution in [3.8, 4) is 0 Å². The predicted octanol–water partition coefficient (Wildman–Crippen LogP) is 20.8. The Kier molecular flexibility index (Phi) is 73.2. The fourth-order valence-corrected chi connectivity index (χ4v) is 10.9. The molecule has 0 amide bonds. The van der Waals surface area contributed by atoms with Crippen molar-refractivity contribution in [3.05, 3.63) is 0 Å². The Morgan fingerprint density at radius 3 is 0.582 bits per heavy atom. The molecule has 0 fully saturated rings. The van der Waals surface area contributed by atoms with Gasteiger partial charge in [-0.1, -0.05) is 336 Å². The van der Waals surface area contributed by atoms with Crippen molar-refractivity contribution in [1.82, 2.24) is 0 Å². The van der Waals surface area contributed by atoms with Gasteiger partial charge in [0.15, 0.2) is 0 Å². The molecule has 0 aliphatic rings. The van der Waals surface area contributed by atoms with Crippen LogP contribution in [0.5, 0.6) is 0 Å². The first-order chi connectivity index (χ1) is 38.2. The number of carbonyl (C=O) groups is 4. The van der Waals surface area contributed by atoms with Gasteiger partial charge in [0.05, 0.1) is 0 Å². The van der Waals surface area contributed by atoms with Gasteiger partial charge in [0.25, 0.3) is 0 Å². The Morgan fingerprint density at radius 2 is 0.405 bits per heavy atom. The second-order valence-electron chi connectivity index (χ2n) is 24.1. The minimum Gasteiger partial charge on any atom is -0.550 e. The number of ether oxygens (including phenoxy) is 2. The van der Waals surface area contributed by atoms with Gasteiger partial charge in [0.1, 0.15) is 12.2 Å². The molecular formula is C70H134O8Zn. The summed E-state index contributed by atoms with van der Waals surface area (Å²) in [6.07, 6.45) is 69.9. The van der Waals surface area contributed by atoms with E-state index in [2.05, 4.69) is 27.7 Å². The first-order valence-electron chi connectivity index (χ1n) is 35.0. The van der Waals surface area contributed by atoms with E-state index in [0.29, 0.717) is 25.7 Å². The van der Waals surface area contributed by atoms with Crippen LogP contribution >= 0.6 is 0 Å². The van der Waals surface area contributed by atoms with Gasteiger partial charge in [-0.05, 0) is 64.2 Å². The molecule has 0 aliphatic carbocycles. The molecule has 0 aromatic rings. The minimum absolute atomic E-state index is 0. The molecule has 8 nitrogen and oxygen atoms in total. The Hall–Kier alpha value is -1.50. The van der Waals surface area contributed by atoms with E-state index in [-0.39, 0.29) is 56.5 Å². The van der Waals surface area contributed by atoms with E-state index in [1.807, 2.05) is 0 Å². The van der Waals surface area contributed by atoms with Gasteiger partial charge in [-0.25, -0.2) is 0 Å². The van der Waals surface area contributed by atoms with Gasteiger partial charge < -0.3 is 29.3 Å². The van der Waals surface area contributed by atoms with Crippen LogP contribution < -0.4 is 10.2 Å². The fraction of sp³-hybridized carbons (Fsp3) is 0.943. The largest absolute Gasteiger partial charge is 2.00 e. The monoisotopic (exact) mass is 1170 g/mol. The molecule has 0 spiro atoms. The molecule has 0 bridgehead atoms. The average molecular weight is 1170 g/mol. The van der Waals surface area contributed by atoms with E-state index in [9.17, 15) is 29.4 Å². The van der Waals surface area contributed by atoms with E-state index >= 15 is 0 Å². The third-order valence-corrected chi connectivity index (χ3v) is 16.2. The zero-order valence-electron chi connectivity index (χ0n) is 53.6. The van der Waals surface area contributed by atoms with Gasteiger partial charge in [0.2, 0.25) is 0 Å². The summed E-state index contributed by atoms with van der Waals surface area (Å²) >= 11 is 0. The number of aliphatic carboxylic acids is 2. The van der Waals surface area contributed by atoms with Crippen molar-refractivity contribution in [2.45, 2.75) is 425 Å². The van der Waals surface area contributed by atoms with Crippen LogP contribution in [0, 0.1) is 0 Å².